The maximum Gasteiger partial charge on any atom is 0.332 e. The van der Waals surface area contributed by atoms with Crippen molar-refractivity contribution in [3.8, 4) is 0 Å². The van der Waals surface area contributed by atoms with E-state index < -0.39 is 16.9 Å². The average molecular weight is 248 g/mol. The molecule has 74 valence electrons. The second kappa shape index (κ2) is 4.46. The predicted octanol–water partition coefficient (Wildman–Crippen LogP) is 2.54. The molecule has 0 heterocycles. The molecule has 1 nitrogen and oxygen atoms in total. The van der Waals surface area contributed by atoms with Gasteiger partial charge in [0.25, 0.3) is 0 Å². The lowest BCUT2D eigenvalue weighted by Crippen LogP contribution is -2.38. The third-order valence-electron chi connectivity index (χ3n) is 1.82. The van der Waals surface area contributed by atoms with Crippen molar-refractivity contribution >= 4 is 15.9 Å². The first-order valence-electron chi connectivity index (χ1n) is 3.71. The molecule has 0 aliphatic heterocycles. The highest BCUT2D eigenvalue weighted by Crippen LogP contribution is 2.35. The van der Waals surface area contributed by atoms with E-state index in [1.165, 1.54) is 0 Å². The fourth-order valence-corrected chi connectivity index (χ4v) is 1.31. The fourth-order valence-electron chi connectivity index (χ4n) is 0.972. The Morgan fingerprint density at radius 2 is 1.83 bits per heavy atom. The van der Waals surface area contributed by atoms with Crippen LogP contribution in [0.15, 0.2) is 0 Å². The summed E-state index contributed by atoms with van der Waals surface area (Å²) >= 11 is 1.99. The Morgan fingerprint density at radius 3 is 1.92 bits per heavy atom. The van der Waals surface area contributed by atoms with Gasteiger partial charge in [0, 0.05) is 5.92 Å². The largest absolute Gasteiger partial charge is 0.332 e. The van der Waals surface area contributed by atoms with Gasteiger partial charge in [-0.05, 0) is 28.4 Å². The molecule has 0 saturated heterocycles. The first-order chi connectivity index (χ1) is 5.30. The van der Waals surface area contributed by atoms with Crippen LogP contribution in [0.25, 0.3) is 0 Å². The average Bonchev–Trinajstić information content (AvgIpc) is 1.86. The monoisotopic (exact) mass is 247 g/mol. The molecule has 5 heteroatoms. The summed E-state index contributed by atoms with van der Waals surface area (Å²) in [6, 6.07) is 0. The Kier molecular flexibility index (Phi) is 4.55. The maximum absolute atomic E-state index is 12.9. The zero-order chi connectivity index (χ0) is 9.94. The molecule has 0 aromatic heterocycles. The molecule has 0 spiro atoms. The standard InChI is InChI=1S/C7H13BrF3N/c1-4(2)5(3-12)6(9)7(8,10)11/h4-6H,3,12H2,1-2H3. The number of hydrogen-bond acceptors (Lipinski definition) is 1. The highest BCUT2D eigenvalue weighted by molar-refractivity contribution is 9.10. The summed E-state index contributed by atoms with van der Waals surface area (Å²) in [5, 5.41) is 0. The molecule has 0 bridgehead atoms. The predicted molar refractivity (Wildman–Crippen MR) is 46.2 cm³/mol. The molecule has 0 fully saturated rings. The van der Waals surface area contributed by atoms with Crippen LogP contribution in [0.4, 0.5) is 13.2 Å². The minimum absolute atomic E-state index is 0.0694. The number of hydrogen-bond donors (Lipinski definition) is 1. The van der Waals surface area contributed by atoms with Crippen LogP contribution in [0.3, 0.4) is 0 Å². The quantitative estimate of drug-likeness (QED) is 0.760. The van der Waals surface area contributed by atoms with Crippen LogP contribution in [0.1, 0.15) is 13.8 Å². The van der Waals surface area contributed by atoms with E-state index in [0.29, 0.717) is 0 Å². The van der Waals surface area contributed by atoms with Gasteiger partial charge >= 0.3 is 4.83 Å². The molecule has 2 atom stereocenters. The van der Waals surface area contributed by atoms with E-state index in [4.69, 9.17) is 5.73 Å². The summed E-state index contributed by atoms with van der Waals surface area (Å²) in [5.41, 5.74) is 5.18. The highest BCUT2D eigenvalue weighted by Gasteiger charge is 2.42. The molecular formula is C7H13BrF3N. The topological polar surface area (TPSA) is 26.0 Å². The Hall–Kier alpha value is 0.230. The molecule has 0 saturated carbocycles. The molecule has 2 unspecified atom stereocenters. The van der Waals surface area contributed by atoms with Crippen LogP contribution in [0, 0.1) is 11.8 Å². The van der Waals surface area contributed by atoms with Crippen molar-refractivity contribution in [1.82, 2.24) is 0 Å². The van der Waals surface area contributed by atoms with Gasteiger partial charge in [-0.25, -0.2) is 4.39 Å². The van der Waals surface area contributed by atoms with Crippen LogP contribution in [-0.4, -0.2) is 17.5 Å². The number of halogens is 4. The molecule has 0 aromatic carbocycles. The van der Waals surface area contributed by atoms with E-state index in [2.05, 4.69) is 0 Å². The lowest BCUT2D eigenvalue weighted by Gasteiger charge is -2.25. The minimum atomic E-state index is -3.47. The van der Waals surface area contributed by atoms with Crippen LogP contribution in [-0.2, 0) is 0 Å². The number of alkyl halides is 4. The Morgan fingerprint density at radius 1 is 1.42 bits per heavy atom. The van der Waals surface area contributed by atoms with Crippen LogP contribution < -0.4 is 5.73 Å². The molecule has 0 aromatic rings. The first kappa shape index (κ1) is 12.2. The summed E-state index contributed by atoms with van der Waals surface area (Å²) in [6.45, 7) is 3.27. The number of rotatable bonds is 4. The summed E-state index contributed by atoms with van der Waals surface area (Å²) in [5.74, 6) is -0.993. The van der Waals surface area contributed by atoms with E-state index in [9.17, 15) is 13.2 Å². The highest BCUT2D eigenvalue weighted by atomic mass is 79.9. The van der Waals surface area contributed by atoms with Gasteiger partial charge < -0.3 is 5.73 Å². The second-order valence-corrected chi connectivity index (χ2v) is 4.14. The molecule has 2 N–H and O–H groups in total. The Bertz CT molecular complexity index is 135. The SMILES string of the molecule is CC(C)C(CN)C(F)C(F)(F)Br. The Balaban J connectivity index is 4.32. The lowest BCUT2D eigenvalue weighted by atomic mass is 9.91. The zero-order valence-electron chi connectivity index (χ0n) is 7.03. The first-order valence-corrected chi connectivity index (χ1v) is 4.50. The molecule has 0 aliphatic carbocycles. The third-order valence-corrected chi connectivity index (χ3v) is 2.25. The van der Waals surface area contributed by atoms with E-state index in [0.717, 1.165) is 0 Å². The van der Waals surface area contributed by atoms with Crippen molar-refractivity contribution in [2.75, 3.05) is 6.54 Å². The van der Waals surface area contributed by atoms with E-state index in [1.54, 1.807) is 13.8 Å². The van der Waals surface area contributed by atoms with Gasteiger partial charge in [0.1, 0.15) is 0 Å². The molecule has 0 rings (SSSR count). The van der Waals surface area contributed by atoms with Gasteiger partial charge in [0.15, 0.2) is 6.17 Å². The molecular weight excluding hydrogens is 235 g/mol. The summed E-state index contributed by atoms with van der Waals surface area (Å²) in [4.78, 5) is -3.47. The van der Waals surface area contributed by atoms with Crippen LogP contribution >= 0.6 is 15.9 Å². The van der Waals surface area contributed by atoms with Crippen LogP contribution in [0.2, 0.25) is 0 Å². The number of nitrogens with two attached hydrogens (primary N) is 1. The summed E-state index contributed by atoms with van der Waals surface area (Å²) in [6.07, 6.45) is -2.22. The summed E-state index contributed by atoms with van der Waals surface area (Å²) in [7, 11) is 0. The molecule has 0 radical (unpaired) electrons. The van der Waals surface area contributed by atoms with Crippen molar-refractivity contribution < 1.29 is 13.2 Å². The van der Waals surface area contributed by atoms with E-state index >= 15 is 0 Å². The van der Waals surface area contributed by atoms with Gasteiger partial charge in [0.05, 0.1) is 0 Å². The molecule has 0 aliphatic rings. The van der Waals surface area contributed by atoms with Crippen molar-refractivity contribution in [1.29, 1.82) is 0 Å². The third kappa shape index (κ3) is 3.31. The van der Waals surface area contributed by atoms with E-state index in [-0.39, 0.29) is 12.5 Å². The smallest absolute Gasteiger partial charge is 0.330 e. The lowest BCUT2D eigenvalue weighted by molar-refractivity contribution is -0.0178. The van der Waals surface area contributed by atoms with Gasteiger partial charge in [-0.1, -0.05) is 13.8 Å². The van der Waals surface area contributed by atoms with Gasteiger partial charge in [-0.2, -0.15) is 8.78 Å². The molecule has 12 heavy (non-hydrogen) atoms. The summed E-state index contributed by atoms with van der Waals surface area (Å²) < 4.78 is 37.7. The van der Waals surface area contributed by atoms with E-state index in [1.807, 2.05) is 15.9 Å². The fraction of sp³-hybridized carbons (Fsp3) is 1.00. The normalized spacial score (nSPS) is 18.0. The van der Waals surface area contributed by atoms with Gasteiger partial charge in [-0.15, -0.1) is 0 Å². The second-order valence-electron chi connectivity index (χ2n) is 3.09. The minimum Gasteiger partial charge on any atom is -0.330 e. The van der Waals surface area contributed by atoms with Gasteiger partial charge in [0.2, 0.25) is 0 Å². The van der Waals surface area contributed by atoms with Crippen molar-refractivity contribution in [2.24, 2.45) is 17.6 Å². The maximum atomic E-state index is 12.9. The van der Waals surface area contributed by atoms with Crippen molar-refractivity contribution in [3.05, 3.63) is 0 Å². The van der Waals surface area contributed by atoms with Gasteiger partial charge in [-0.3, -0.25) is 0 Å². The Labute approximate surface area is 78.6 Å². The van der Waals surface area contributed by atoms with Crippen LogP contribution in [0.5, 0.6) is 0 Å². The molecule has 0 amide bonds. The zero-order valence-corrected chi connectivity index (χ0v) is 8.61. The van der Waals surface area contributed by atoms with Crippen molar-refractivity contribution in [3.63, 3.8) is 0 Å². The van der Waals surface area contributed by atoms with Crippen molar-refractivity contribution in [2.45, 2.75) is 24.9 Å².